The second-order valence-electron chi connectivity index (χ2n) is 6.85. The van der Waals surface area contributed by atoms with E-state index >= 15 is 0 Å². The van der Waals surface area contributed by atoms with Crippen molar-refractivity contribution in [2.24, 2.45) is 0 Å². The van der Waals surface area contributed by atoms with Gasteiger partial charge >= 0.3 is 0 Å². The van der Waals surface area contributed by atoms with Gasteiger partial charge in [0, 0.05) is 0 Å². The van der Waals surface area contributed by atoms with Crippen LogP contribution < -0.4 is 0 Å². The molecule has 0 aliphatic heterocycles. The van der Waals surface area contributed by atoms with Gasteiger partial charge < -0.3 is 0 Å². The standard InChI is InChI=1S/C22H27F/c1-2-3-7-17-12-14-18(15-13-17)21-10-4-5-11-22(21)19-8-6-9-20(23)16-19/h4-5,10-15,19-20H,2-3,6-9,16H2,1H3. The Labute approximate surface area is 139 Å². The summed E-state index contributed by atoms with van der Waals surface area (Å²) in [5, 5.41) is 0. The van der Waals surface area contributed by atoms with Crippen molar-refractivity contribution < 1.29 is 4.39 Å². The monoisotopic (exact) mass is 310 g/mol. The molecule has 1 aliphatic carbocycles. The van der Waals surface area contributed by atoms with Gasteiger partial charge in [-0.25, -0.2) is 4.39 Å². The van der Waals surface area contributed by atoms with Crippen LogP contribution in [-0.2, 0) is 6.42 Å². The van der Waals surface area contributed by atoms with E-state index in [4.69, 9.17) is 0 Å². The van der Waals surface area contributed by atoms with E-state index in [1.54, 1.807) is 0 Å². The summed E-state index contributed by atoms with van der Waals surface area (Å²) in [4.78, 5) is 0. The highest BCUT2D eigenvalue weighted by molar-refractivity contribution is 5.68. The van der Waals surface area contributed by atoms with Gasteiger partial charge in [0.25, 0.3) is 0 Å². The summed E-state index contributed by atoms with van der Waals surface area (Å²) in [7, 11) is 0. The predicted molar refractivity (Wildman–Crippen MR) is 96.6 cm³/mol. The molecule has 0 amide bonds. The minimum Gasteiger partial charge on any atom is -0.247 e. The van der Waals surface area contributed by atoms with Crippen LogP contribution in [0.2, 0.25) is 0 Å². The molecule has 122 valence electrons. The zero-order chi connectivity index (χ0) is 16.1. The number of rotatable bonds is 5. The number of unbranched alkanes of at least 4 members (excludes halogenated alkanes) is 1. The number of alkyl halides is 1. The second-order valence-corrected chi connectivity index (χ2v) is 6.85. The Balaban J connectivity index is 1.85. The largest absolute Gasteiger partial charge is 0.247 e. The normalized spacial score (nSPS) is 21.3. The number of hydrogen-bond donors (Lipinski definition) is 0. The molecule has 3 rings (SSSR count). The summed E-state index contributed by atoms with van der Waals surface area (Å²) in [6.07, 6.45) is 6.56. The fourth-order valence-corrected chi connectivity index (χ4v) is 3.76. The van der Waals surface area contributed by atoms with Crippen LogP contribution in [0.5, 0.6) is 0 Å². The van der Waals surface area contributed by atoms with E-state index in [0.717, 1.165) is 25.7 Å². The van der Waals surface area contributed by atoms with Crippen LogP contribution in [0.25, 0.3) is 11.1 Å². The van der Waals surface area contributed by atoms with Gasteiger partial charge in [-0.15, -0.1) is 0 Å². The topological polar surface area (TPSA) is 0 Å². The molecule has 0 bridgehead atoms. The highest BCUT2D eigenvalue weighted by Gasteiger charge is 2.24. The first-order chi connectivity index (χ1) is 11.3. The first-order valence-corrected chi connectivity index (χ1v) is 9.10. The van der Waals surface area contributed by atoms with Crippen molar-refractivity contribution in [3.8, 4) is 11.1 Å². The van der Waals surface area contributed by atoms with Crippen LogP contribution in [0.3, 0.4) is 0 Å². The van der Waals surface area contributed by atoms with Crippen molar-refractivity contribution in [3.63, 3.8) is 0 Å². The highest BCUT2D eigenvalue weighted by Crippen LogP contribution is 2.39. The van der Waals surface area contributed by atoms with E-state index < -0.39 is 6.17 Å². The molecule has 0 radical (unpaired) electrons. The van der Waals surface area contributed by atoms with E-state index in [1.807, 2.05) is 0 Å². The van der Waals surface area contributed by atoms with Gasteiger partial charge in [0.15, 0.2) is 0 Å². The summed E-state index contributed by atoms with van der Waals surface area (Å²) in [5.41, 5.74) is 5.29. The lowest BCUT2D eigenvalue weighted by molar-refractivity contribution is 0.231. The molecular weight excluding hydrogens is 283 g/mol. The minimum atomic E-state index is -0.627. The molecule has 0 spiro atoms. The van der Waals surface area contributed by atoms with E-state index in [2.05, 4.69) is 55.5 Å². The van der Waals surface area contributed by atoms with Gasteiger partial charge in [-0.1, -0.05) is 61.9 Å². The third-order valence-corrected chi connectivity index (χ3v) is 5.09. The third kappa shape index (κ3) is 4.02. The Morgan fingerprint density at radius 1 is 1.00 bits per heavy atom. The Morgan fingerprint density at radius 3 is 2.52 bits per heavy atom. The molecule has 23 heavy (non-hydrogen) atoms. The molecule has 0 N–H and O–H groups in total. The molecule has 0 saturated heterocycles. The summed E-state index contributed by atoms with van der Waals surface area (Å²) in [6, 6.07) is 17.6. The molecule has 2 aromatic rings. The molecule has 2 aromatic carbocycles. The quantitative estimate of drug-likeness (QED) is 0.577. The van der Waals surface area contributed by atoms with Gasteiger partial charge in [-0.2, -0.15) is 0 Å². The average molecular weight is 310 g/mol. The lowest BCUT2D eigenvalue weighted by Gasteiger charge is -2.26. The fraction of sp³-hybridized carbons (Fsp3) is 0.455. The van der Waals surface area contributed by atoms with E-state index in [0.29, 0.717) is 12.3 Å². The van der Waals surface area contributed by atoms with Gasteiger partial charge in [0.1, 0.15) is 6.17 Å². The lowest BCUT2D eigenvalue weighted by atomic mass is 9.80. The van der Waals surface area contributed by atoms with Crippen molar-refractivity contribution >= 4 is 0 Å². The summed E-state index contributed by atoms with van der Waals surface area (Å²) in [5.74, 6) is 0.370. The van der Waals surface area contributed by atoms with Gasteiger partial charge in [-0.3, -0.25) is 0 Å². The molecule has 0 heterocycles. The first-order valence-electron chi connectivity index (χ1n) is 9.10. The second kappa shape index (κ2) is 7.77. The summed E-state index contributed by atoms with van der Waals surface area (Å²) >= 11 is 0. The van der Waals surface area contributed by atoms with E-state index in [-0.39, 0.29) is 0 Å². The van der Waals surface area contributed by atoms with E-state index in [9.17, 15) is 4.39 Å². The first kappa shape index (κ1) is 16.2. The molecular formula is C22H27F. The van der Waals surface area contributed by atoms with Gasteiger partial charge in [0.2, 0.25) is 0 Å². The van der Waals surface area contributed by atoms with Crippen LogP contribution >= 0.6 is 0 Å². The fourth-order valence-electron chi connectivity index (χ4n) is 3.76. The third-order valence-electron chi connectivity index (χ3n) is 5.09. The van der Waals surface area contributed by atoms with Crippen LogP contribution in [0.4, 0.5) is 4.39 Å². The minimum absolute atomic E-state index is 0.370. The van der Waals surface area contributed by atoms with Gasteiger partial charge in [-0.05, 0) is 66.7 Å². The SMILES string of the molecule is CCCCc1ccc(-c2ccccc2C2CCCC(F)C2)cc1. The number of halogens is 1. The maximum Gasteiger partial charge on any atom is 0.101 e. The number of hydrogen-bond acceptors (Lipinski definition) is 0. The van der Waals surface area contributed by atoms with Crippen molar-refractivity contribution in [1.82, 2.24) is 0 Å². The Morgan fingerprint density at radius 2 is 1.78 bits per heavy atom. The zero-order valence-electron chi connectivity index (χ0n) is 14.1. The predicted octanol–water partition coefficient (Wildman–Crippen LogP) is 6.69. The van der Waals surface area contributed by atoms with Crippen LogP contribution in [-0.4, -0.2) is 6.17 Å². The zero-order valence-corrected chi connectivity index (χ0v) is 14.1. The molecule has 0 aromatic heterocycles. The molecule has 0 nitrogen and oxygen atoms in total. The van der Waals surface area contributed by atoms with E-state index in [1.165, 1.54) is 35.1 Å². The molecule has 2 unspecified atom stereocenters. The molecule has 1 fully saturated rings. The molecule has 2 atom stereocenters. The van der Waals surface area contributed by atoms with Gasteiger partial charge in [0.05, 0.1) is 0 Å². The maximum atomic E-state index is 13.8. The molecule has 1 heteroatoms. The van der Waals surface area contributed by atoms with Crippen molar-refractivity contribution in [2.45, 2.75) is 64.0 Å². The molecule has 1 saturated carbocycles. The number of aryl methyl sites for hydroxylation is 1. The maximum absolute atomic E-state index is 13.8. The Hall–Kier alpha value is -1.63. The summed E-state index contributed by atoms with van der Waals surface area (Å²) < 4.78 is 13.8. The Bertz CT molecular complexity index is 614. The van der Waals surface area contributed by atoms with Crippen molar-refractivity contribution in [3.05, 3.63) is 59.7 Å². The number of benzene rings is 2. The van der Waals surface area contributed by atoms with Crippen LogP contribution in [0, 0.1) is 0 Å². The van der Waals surface area contributed by atoms with Crippen molar-refractivity contribution in [2.75, 3.05) is 0 Å². The smallest absolute Gasteiger partial charge is 0.101 e. The summed E-state index contributed by atoms with van der Waals surface area (Å²) in [6.45, 7) is 2.23. The average Bonchev–Trinajstić information content (AvgIpc) is 2.60. The Kier molecular flexibility index (Phi) is 5.48. The highest BCUT2D eigenvalue weighted by atomic mass is 19.1. The van der Waals surface area contributed by atoms with Crippen LogP contribution in [0.15, 0.2) is 48.5 Å². The van der Waals surface area contributed by atoms with Crippen LogP contribution in [0.1, 0.15) is 62.5 Å². The van der Waals surface area contributed by atoms with Crippen molar-refractivity contribution in [1.29, 1.82) is 0 Å². The lowest BCUT2D eigenvalue weighted by Crippen LogP contribution is -2.15. The molecule has 1 aliphatic rings.